The van der Waals surface area contributed by atoms with Gasteiger partial charge in [0.25, 0.3) is 0 Å². The molecule has 2 heterocycles. The molecule has 1 aromatic heterocycles. The Hall–Kier alpha value is -0.260. The molecule has 1 saturated heterocycles. The quantitative estimate of drug-likeness (QED) is 0.924. The zero-order valence-electron chi connectivity index (χ0n) is 12.1. The molecule has 19 heavy (non-hydrogen) atoms. The van der Waals surface area contributed by atoms with Gasteiger partial charge in [-0.2, -0.15) is 11.8 Å². The lowest BCUT2D eigenvalue weighted by molar-refractivity contribution is 0.698. The molecular formula is C14H23N3S2. The highest BCUT2D eigenvalue weighted by molar-refractivity contribution is 8.07. The second-order valence-electron chi connectivity index (χ2n) is 5.01. The summed E-state index contributed by atoms with van der Waals surface area (Å²) < 4.78 is 0. The maximum Gasteiger partial charge on any atom is 0.142 e. The standard InChI is InChI=1S/C14H23N3S2/c1-5-15-7-12-6-9(2)16-14(17-12)13-8-18-10(3)11(4)19-13/h6,10-11,13,15H,5,7-8H2,1-4H3. The first-order chi connectivity index (χ1) is 9.10. The van der Waals surface area contributed by atoms with Gasteiger partial charge in [0.15, 0.2) is 0 Å². The molecular weight excluding hydrogens is 274 g/mol. The molecule has 0 aliphatic carbocycles. The van der Waals surface area contributed by atoms with Gasteiger partial charge in [0.2, 0.25) is 0 Å². The van der Waals surface area contributed by atoms with E-state index in [1.807, 2.05) is 23.5 Å². The minimum absolute atomic E-state index is 0.441. The number of thioether (sulfide) groups is 2. The van der Waals surface area contributed by atoms with Crippen LogP contribution >= 0.6 is 23.5 Å². The van der Waals surface area contributed by atoms with Crippen molar-refractivity contribution in [3.63, 3.8) is 0 Å². The van der Waals surface area contributed by atoms with Crippen molar-refractivity contribution in [3.8, 4) is 0 Å². The normalized spacial score (nSPS) is 27.5. The van der Waals surface area contributed by atoms with Crippen LogP contribution in [0.2, 0.25) is 0 Å². The lowest BCUT2D eigenvalue weighted by Gasteiger charge is -2.30. The van der Waals surface area contributed by atoms with Crippen LogP contribution in [0, 0.1) is 6.92 Å². The Bertz CT molecular complexity index is 425. The molecule has 0 bridgehead atoms. The van der Waals surface area contributed by atoms with E-state index in [2.05, 4.69) is 44.1 Å². The van der Waals surface area contributed by atoms with Gasteiger partial charge in [0, 0.05) is 28.5 Å². The van der Waals surface area contributed by atoms with Crippen molar-refractivity contribution in [1.29, 1.82) is 0 Å². The van der Waals surface area contributed by atoms with E-state index in [1.54, 1.807) is 0 Å². The zero-order valence-corrected chi connectivity index (χ0v) is 13.8. The first-order valence-electron chi connectivity index (χ1n) is 6.92. The van der Waals surface area contributed by atoms with Gasteiger partial charge in [-0.25, -0.2) is 9.97 Å². The van der Waals surface area contributed by atoms with E-state index in [0.29, 0.717) is 10.5 Å². The van der Waals surface area contributed by atoms with Crippen LogP contribution in [-0.2, 0) is 6.54 Å². The summed E-state index contributed by atoms with van der Waals surface area (Å²) in [7, 11) is 0. The summed E-state index contributed by atoms with van der Waals surface area (Å²) in [6.07, 6.45) is 0. The van der Waals surface area contributed by atoms with Gasteiger partial charge in [-0.05, 0) is 19.5 Å². The number of aryl methyl sites for hydroxylation is 1. The minimum atomic E-state index is 0.441. The third kappa shape index (κ3) is 4.10. The predicted octanol–water partition coefficient (Wildman–Crippen LogP) is 3.19. The van der Waals surface area contributed by atoms with E-state index >= 15 is 0 Å². The fourth-order valence-electron chi connectivity index (χ4n) is 2.07. The van der Waals surface area contributed by atoms with E-state index in [9.17, 15) is 0 Å². The van der Waals surface area contributed by atoms with Crippen LogP contribution in [-0.4, -0.2) is 32.8 Å². The minimum Gasteiger partial charge on any atom is -0.311 e. The van der Waals surface area contributed by atoms with E-state index in [-0.39, 0.29) is 0 Å². The van der Waals surface area contributed by atoms with Crippen LogP contribution < -0.4 is 5.32 Å². The number of rotatable bonds is 4. The average molecular weight is 297 g/mol. The average Bonchev–Trinajstić information content (AvgIpc) is 2.39. The molecule has 2 rings (SSSR count). The van der Waals surface area contributed by atoms with Crippen LogP contribution in [0.1, 0.15) is 43.2 Å². The van der Waals surface area contributed by atoms with Gasteiger partial charge in [-0.1, -0.05) is 20.8 Å². The van der Waals surface area contributed by atoms with Crippen molar-refractivity contribution in [2.24, 2.45) is 0 Å². The van der Waals surface area contributed by atoms with Gasteiger partial charge >= 0.3 is 0 Å². The molecule has 1 aliphatic rings. The fraction of sp³-hybridized carbons (Fsp3) is 0.714. The van der Waals surface area contributed by atoms with Crippen molar-refractivity contribution in [1.82, 2.24) is 15.3 Å². The van der Waals surface area contributed by atoms with Crippen molar-refractivity contribution < 1.29 is 0 Å². The SMILES string of the molecule is CCNCc1cc(C)nc(C2CSC(C)C(C)S2)n1. The molecule has 1 fully saturated rings. The van der Waals surface area contributed by atoms with Gasteiger partial charge < -0.3 is 5.32 Å². The first-order valence-corrected chi connectivity index (χ1v) is 8.91. The number of nitrogens with one attached hydrogen (secondary N) is 1. The van der Waals surface area contributed by atoms with Crippen LogP contribution in [0.25, 0.3) is 0 Å². The van der Waals surface area contributed by atoms with Gasteiger partial charge in [0.05, 0.1) is 10.9 Å². The number of hydrogen-bond acceptors (Lipinski definition) is 5. The predicted molar refractivity (Wildman–Crippen MR) is 85.9 cm³/mol. The summed E-state index contributed by atoms with van der Waals surface area (Å²) in [6, 6.07) is 2.08. The Kier molecular flexibility index (Phi) is 5.54. The molecule has 0 amide bonds. The molecule has 1 N–H and O–H groups in total. The van der Waals surface area contributed by atoms with Gasteiger partial charge in [-0.3, -0.25) is 0 Å². The first kappa shape index (κ1) is 15.1. The maximum absolute atomic E-state index is 4.75. The Labute approximate surface area is 124 Å². The second kappa shape index (κ2) is 6.95. The largest absolute Gasteiger partial charge is 0.311 e. The van der Waals surface area contributed by atoms with Crippen molar-refractivity contribution in [3.05, 3.63) is 23.3 Å². The highest BCUT2D eigenvalue weighted by atomic mass is 32.2. The van der Waals surface area contributed by atoms with Crippen molar-refractivity contribution >= 4 is 23.5 Å². The van der Waals surface area contributed by atoms with Crippen molar-refractivity contribution in [2.45, 2.75) is 50.0 Å². The van der Waals surface area contributed by atoms with Crippen LogP contribution in [0.15, 0.2) is 6.07 Å². The van der Waals surface area contributed by atoms with Gasteiger partial charge in [-0.15, -0.1) is 11.8 Å². The summed E-state index contributed by atoms with van der Waals surface area (Å²) in [5.74, 6) is 2.14. The molecule has 0 aromatic carbocycles. The van der Waals surface area contributed by atoms with E-state index in [0.717, 1.165) is 41.3 Å². The van der Waals surface area contributed by atoms with E-state index in [1.165, 1.54) is 0 Å². The Balaban J connectivity index is 2.13. The Morgan fingerprint density at radius 3 is 2.79 bits per heavy atom. The lowest BCUT2D eigenvalue weighted by atomic mass is 10.3. The molecule has 0 spiro atoms. The molecule has 1 aliphatic heterocycles. The molecule has 1 aromatic rings. The van der Waals surface area contributed by atoms with Crippen LogP contribution in [0.4, 0.5) is 0 Å². The Morgan fingerprint density at radius 2 is 2.11 bits per heavy atom. The summed E-state index contributed by atoms with van der Waals surface area (Å²) >= 11 is 4.06. The summed E-state index contributed by atoms with van der Waals surface area (Å²) in [5, 5.41) is 5.18. The molecule has 3 nitrogen and oxygen atoms in total. The third-order valence-electron chi connectivity index (χ3n) is 3.32. The van der Waals surface area contributed by atoms with E-state index in [4.69, 9.17) is 4.98 Å². The third-order valence-corrected chi connectivity index (χ3v) is 6.71. The summed E-state index contributed by atoms with van der Waals surface area (Å²) in [4.78, 5) is 9.40. The fourth-order valence-corrected chi connectivity index (χ4v) is 4.91. The molecule has 0 saturated carbocycles. The number of hydrogen-bond donors (Lipinski definition) is 1. The topological polar surface area (TPSA) is 37.8 Å². The lowest BCUT2D eigenvalue weighted by Crippen LogP contribution is -2.23. The smallest absolute Gasteiger partial charge is 0.142 e. The van der Waals surface area contributed by atoms with Crippen LogP contribution in [0.5, 0.6) is 0 Å². The number of aromatic nitrogens is 2. The zero-order chi connectivity index (χ0) is 13.8. The second-order valence-corrected chi connectivity index (χ2v) is 8.00. The summed E-state index contributed by atoms with van der Waals surface area (Å²) in [5.41, 5.74) is 2.19. The van der Waals surface area contributed by atoms with E-state index < -0.39 is 0 Å². The highest BCUT2D eigenvalue weighted by Gasteiger charge is 2.28. The summed E-state index contributed by atoms with van der Waals surface area (Å²) in [6.45, 7) is 10.6. The maximum atomic E-state index is 4.75. The Morgan fingerprint density at radius 1 is 1.32 bits per heavy atom. The molecule has 3 unspecified atom stereocenters. The number of nitrogens with zero attached hydrogens (tertiary/aromatic N) is 2. The van der Waals surface area contributed by atoms with Crippen LogP contribution in [0.3, 0.4) is 0 Å². The molecule has 0 radical (unpaired) electrons. The molecule has 106 valence electrons. The van der Waals surface area contributed by atoms with Gasteiger partial charge in [0.1, 0.15) is 5.82 Å². The van der Waals surface area contributed by atoms with Crippen molar-refractivity contribution in [2.75, 3.05) is 12.3 Å². The molecule has 3 atom stereocenters. The highest BCUT2D eigenvalue weighted by Crippen LogP contribution is 2.43. The molecule has 5 heteroatoms. The monoisotopic (exact) mass is 297 g/mol.